The smallest absolute Gasteiger partial charge is 0.237 e. The number of fused-ring (bicyclic) bond motifs is 3. The van der Waals surface area contributed by atoms with Crippen LogP contribution in [-0.2, 0) is 10.2 Å². The van der Waals surface area contributed by atoms with E-state index in [4.69, 9.17) is 1.37 Å². The van der Waals surface area contributed by atoms with Gasteiger partial charge in [0.2, 0.25) is 5.91 Å². The Hall–Kier alpha value is -1.35. The molecule has 2 spiro atoms. The Morgan fingerprint density at radius 1 is 1.11 bits per heavy atom. The highest BCUT2D eigenvalue weighted by Crippen LogP contribution is 2.54. The van der Waals surface area contributed by atoms with Crippen LogP contribution in [0, 0.1) is 0 Å². The second-order valence-corrected chi connectivity index (χ2v) is 6.10. The lowest BCUT2D eigenvalue weighted by Crippen LogP contribution is -2.58. The summed E-state index contributed by atoms with van der Waals surface area (Å²) in [4.78, 5) is 12.8. The number of anilines is 1. The molecule has 2 unspecified atom stereocenters. The molecule has 1 aromatic carbocycles. The molecule has 2 N–H and O–H groups in total. The van der Waals surface area contributed by atoms with Crippen molar-refractivity contribution >= 4 is 11.6 Å². The normalized spacial score (nSPS) is 36.3. The van der Waals surface area contributed by atoms with Gasteiger partial charge in [-0.3, -0.25) is 4.79 Å². The summed E-state index contributed by atoms with van der Waals surface area (Å²) < 4.78 is 8.22. The van der Waals surface area contributed by atoms with E-state index in [-0.39, 0.29) is 18.0 Å². The largest absolute Gasteiger partial charge is 0.325 e. The van der Waals surface area contributed by atoms with Gasteiger partial charge in [0.05, 0.1) is 5.41 Å². The number of benzene rings is 1. The molecule has 2 fully saturated rings. The van der Waals surface area contributed by atoms with E-state index in [1.165, 1.54) is 6.42 Å². The zero-order valence-corrected chi connectivity index (χ0v) is 11.0. The molecule has 3 aliphatic rings. The lowest BCUT2D eigenvalue weighted by atomic mass is 9.61. The molecule has 2 heterocycles. The summed E-state index contributed by atoms with van der Waals surface area (Å²) in [6.07, 6.45) is 6.14. The van der Waals surface area contributed by atoms with Gasteiger partial charge in [-0.1, -0.05) is 37.5 Å². The molecule has 100 valence electrons. The molecule has 1 saturated heterocycles. The van der Waals surface area contributed by atoms with Crippen LogP contribution < -0.4 is 10.6 Å². The SMILES string of the molecule is [2H]C1CC2(C(=O)Nc3ccccc32)C2(CCCCC2)N1. The molecule has 0 aromatic heterocycles. The first-order chi connectivity index (χ1) is 9.68. The Kier molecular flexibility index (Phi) is 2.10. The van der Waals surface area contributed by atoms with Crippen LogP contribution in [0.2, 0.25) is 0 Å². The van der Waals surface area contributed by atoms with E-state index in [9.17, 15) is 4.79 Å². The van der Waals surface area contributed by atoms with Crippen molar-refractivity contribution in [3.63, 3.8) is 0 Å². The van der Waals surface area contributed by atoms with Gasteiger partial charge in [-0.05, 0) is 37.4 Å². The van der Waals surface area contributed by atoms with Gasteiger partial charge in [0.1, 0.15) is 0 Å². The summed E-state index contributed by atoms with van der Waals surface area (Å²) in [5.41, 5.74) is 1.30. The molecular weight excluding hydrogens is 236 g/mol. The van der Waals surface area contributed by atoms with E-state index in [0.717, 1.165) is 36.9 Å². The Bertz CT molecular complexity index is 567. The van der Waals surface area contributed by atoms with Crippen LogP contribution in [0.15, 0.2) is 24.3 Å². The Morgan fingerprint density at radius 3 is 2.74 bits per heavy atom. The maximum Gasteiger partial charge on any atom is 0.237 e. The third-order valence-corrected chi connectivity index (χ3v) is 5.33. The van der Waals surface area contributed by atoms with Gasteiger partial charge in [-0.25, -0.2) is 0 Å². The van der Waals surface area contributed by atoms with Crippen molar-refractivity contribution in [3.8, 4) is 0 Å². The van der Waals surface area contributed by atoms with E-state index in [1.54, 1.807) is 0 Å². The van der Waals surface area contributed by atoms with Crippen molar-refractivity contribution in [2.45, 2.75) is 49.5 Å². The van der Waals surface area contributed by atoms with Crippen LogP contribution in [0.3, 0.4) is 0 Å². The van der Waals surface area contributed by atoms with Crippen LogP contribution in [0.5, 0.6) is 0 Å². The molecule has 2 aliphatic heterocycles. The van der Waals surface area contributed by atoms with Gasteiger partial charge in [-0.15, -0.1) is 0 Å². The molecular formula is C16H20N2O. The number of rotatable bonds is 0. The zero-order chi connectivity index (χ0) is 13.8. The van der Waals surface area contributed by atoms with Crippen LogP contribution in [0.25, 0.3) is 0 Å². The maximum atomic E-state index is 12.8. The van der Waals surface area contributed by atoms with Gasteiger partial charge in [-0.2, -0.15) is 0 Å². The molecule has 0 radical (unpaired) electrons. The average Bonchev–Trinajstić information content (AvgIpc) is 2.88. The quantitative estimate of drug-likeness (QED) is 0.750. The van der Waals surface area contributed by atoms with Crippen LogP contribution in [-0.4, -0.2) is 18.0 Å². The first-order valence-electron chi connectivity index (χ1n) is 7.87. The molecule has 1 aliphatic carbocycles. The van der Waals surface area contributed by atoms with Crippen molar-refractivity contribution in [3.05, 3.63) is 29.8 Å². The minimum atomic E-state index is -0.531. The van der Waals surface area contributed by atoms with Gasteiger partial charge in [0.25, 0.3) is 0 Å². The summed E-state index contributed by atoms with van der Waals surface area (Å²) >= 11 is 0. The number of carbonyl (C=O) groups is 1. The zero-order valence-electron chi connectivity index (χ0n) is 12.0. The highest BCUT2D eigenvalue weighted by atomic mass is 16.2. The average molecular weight is 257 g/mol. The minimum Gasteiger partial charge on any atom is -0.325 e. The Morgan fingerprint density at radius 2 is 1.89 bits per heavy atom. The van der Waals surface area contributed by atoms with Gasteiger partial charge < -0.3 is 10.6 Å². The third-order valence-electron chi connectivity index (χ3n) is 5.33. The van der Waals surface area contributed by atoms with Crippen molar-refractivity contribution < 1.29 is 6.17 Å². The maximum absolute atomic E-state index is 12.8. The summed E-state index contributed by atoms with van der Waals surface area (Å²) in [6.45, 7) is -0.343. The Balaban J connectivity index is 1.91. The van der Waals surface area contributed by atoms with Crippen LogP contribution >= 0.6 is 0 Å². The topological polar surface area (TPSA) is 41.1 Å². The molecule has 2 atom stereocenters. The molecule has 0 bridgehead atoms. The first kappa shape index (κ1) is 10.4. The predicted molar refractivity (Wildman–Crippen MR) is 75.2 cm³/mol. The van der Waals surface area contributed by atoms with E-state index in [1.807, 2.05) is 18.2 Å². The summed E-state index contributed by atoms with van der Waals surface area (Å²) in [5, 5.41) is 6.54. The van der Waals surface area contributed by atoms with Crippen LogP contribution in [0.1, 0.15) is 45.5 Å². The molecule has 1 saturated carbocycles. The number of amides is 1. The highest BCUT2D eigenvalue weighted by molar-refractivity contribution is 6.07. The third kappa shape index (κ3) is 1.29. The van der Waals surface area contributed by atoms with Gasteiger partial charge in [0.15, 0.2) is 0 Å². The number of nitrogens with one attached hydrogen (secondary N) is 2. The number of hydrogen-bond donors (Lipinski definition) is 2. The molecule has 3 nitrogen and oxygen atoms in total. The second-order valence-electron chi connectivity index (χ2n) is 6.10. The number of carbonyl (C=O) groups excluding carboxylic acids is 1. The van der Waals surface area contributed by atoms with Crippen LogP contribution in [0.4, 0.5) is 5.69 Å². The fourth-order valence-electron chi connectivity index (χ4n) is 4.44. The van der Waals surface area contributed by atoms with Crippen molar-refractivity contribution in [1.29, 1.82) is 0 Å². The summed E-state index contributed by atoms with van der Waals surface area (Å²) in [7, 11) is 0. The van der Waals surface area contributed by atoms with Crippen molar-refractivity contribution in [1.82, 2.24) is 5.32 Å². The fraction of sp³-hybridized carbons (Fsp3) is 0.562. The highest BCUT2D eigenvalue weighted by Gasteiger charge is 2.63. The molecule has 19 heavy (non-hydrogen) atoms. The predicted octanol–water partition coefficient (Wildman–Crippen LogP) is 2.57. The first-order valence-corrected chi connectivity index (χ1v) is 7.29. The second kappa shape index (κ2) is 3.83. The fourth-order valence-corrected chi connectivity index (χ4v) is 4.44. The van der Waals surface area contributed by atoms with E-state index in [0.29, 0.717) is 6.42 Å². The van der Waals surface area contributed by atoms with E-state index in [2.05, 4.69) is 16.7 Å². The van der Waals surface area contributed by atoms with E-state index >= 15 is 0 Å². The lowest BCUT2D eigenvalue weighted by Gasteiger charge is -2.45. The van der Waals surface area contributed by atoms with Gasteiger partial charge >= 0.3 is 0 Å². The van der Waals surface area contributed by atoms with E-state index < -0.39 is 5.41 Å². The summed E-state index contributed by atoms with van der Waals surface area (Å²) in [5.74, 6) is 0.0999. The lowest BCUT2D eigenvalue weighted by molar-refractivity contribution is -0.123. The van der Waals surface area contributed by atoms with Gasteiger partial charge in [0, 0.05) is 12.6 Å². The number of hydrogen-bond acceptors (Lipinski definition) is 2. The molecule has 4 rings (SSSR count). The molecule has 1 amide bonds. The molecule has 3 heteroatoms. The monoisotopic (exact) mass is 257 g/mol. The standard InChI is InChI=1S/C16H20N2O/c19-14-16(12-6-2-3-7-13(12)18-14)10-11-17-15(16)8-4-1-5-9-15/h2-3,6-7,17H,1,4-5,8-11H2,(H,18,19)/i11D. The van der Waals surface area contributed by atoms with Crippen molar-refractivity contribution in [2.24, 2.45) is 0 Å². The van der Waals surface area contributed by atoms with Crippen molar-refractivity contribution in [2.75, 3.05) is 11.8 Å². The minimum absolute atomic E-state index is 0.0999. The number of para-hydroxylation sites is 1. The molecule has 1 aromatic rings. The summed E-state index contributed by atoms with van der Waals surface area (Å²) in [6, 6.07) is 8.03. The Labute approximate surface area is 115 Å².